The Balaban J connectivity index is 1.92. The van der Waals surface area contributed by atoms with Crippen LogP contribution in [-0.2, 0) is 14.3 Å². The number of rotatable bonds is 12. The molecule has 41 heavy (non-hydrogen) atoms. The van der Waals surface area contributed by atoms with Gasteiger partial charge in [0, 0.05) is 19.4 Å². The summed E-state index contributed by atoms with van der Waals surface area (Å²) in [4.78, 5) is 26.6. The number of hydrogen-bond donors (Lipinski definition) is 2. The number of imide groups is 1. The van der Waals surface area contributed by atoms with Gasteiger partial charge < -0.3 is 9.84 Å². The quantitative estimate of drug-likeness (QED) is 0.135. The molecule has 0 aliphatic carbocycles. The molecule has 0 aromatic heterocycles. The highest BCUT2D eigenvalue weighted by molar-refractivity contribution is 7.98. The molecule has 2 amide bonds. The van der Waals surface area contributed by atoms with Crippen LogP contribution >= 0.6 is 11.9 Å². The molecule has 0 unspecified atom stereocenters. The number of allylic oxidation sites excluding steroid dienone is 1. The van der Waals surface area contributed by atoms with E-state index in [2.05, 4.69) is 48.0 Å². The van der Waals surface area contributed by atoms with Crippen molar-refractivity contribution in [2.45, 2.75) is 62.5 Å². The first-order chi connectivity index (χ1) is 19.8. The molecule has 4 atom stereocenters. The van der Waals surface area contributed by atoms with Crippen molar-refractivity contribution >= 4 is 23.9 Å². The Labute approximate surface area is 247 Å². The van der Waals surface area contributed by atoms with Gasteiger partial charge in [-0.1, -0.05) is 128 Å². The summed E-state index contributed by atoms with van der Waals surface area (Å²) in [6, 6.07) is 29.8. The summed E-state index contributed by atoms with van der Waals surface area (Å²) in [7, 11) is 1.67. The van der Waals surface area contributed by atoms with Gasteiger partial charge in [-0.2, -0.15) is 0 Å². The highest BCUT2D eigenvalue weighted by Crippen LogP contribution is 2.48. The molecule has 2 N–H and O–H groups in total. The average molecular weight is 573 g/mol. The van der Waals surface area contributed by atoms with E-state index >= 15 is 0 Å². The number of carboxylic acid groups (broad SMARTS) is 1. The van der Waals surface area contributed by atoms with Crippen LogP contribution in [0, 0.1) is 5.92 Å². The number of methoxy groups -OCH3 is 1. The van der Waals surface area contributed by atoms with Gasteiger partial charge in [-0.05, 0) is 37.0 Å². The maximum absolute atomic E-state index is 13.1. The van der Waals surface area contributed by atoms with Crippen molar-refractivity contribution < 1.29 is 19.4 Å². The molecule has 0 saturated carbocycles. The van der Waals surface area contributed by atoms with E-state index in [1.165, 1.54) is 0 Å². The Bertz CT molecular complexity index is 1220. The SMILES string of the molecule is CC=C[C@@H]1CC(=O)N(C(=O)O)[C@H]1[C@@H](NSC(c1ccccc1)(c1ccccc1)c1ccccc1)[C@](C)(CCC)OC. The van der Waals surface area contributed by atoms with E-state index in [9.17, 15) is 14.7 Å². The van der Waals surface area contributed by atoms with Gasteiger partial charge >= 0.3 is 6.09 Å². The van der Waals surface area contributed by atoms with Gasteiger partial charge in [0.25, 0.3) is 0 Å². The Morgan fingerprint density at radius 2 is 1.51 bits per heavy atom. The zero-order valence-electron chi connectivity index (χ0n) is 24.2. The van der Waals surface area contributed by atoms with Gasteiger partial charge in [0.1, 0.15) is 4.75 Å². The molecule has 1 aliphatic heterocycles. The Hall–Kier alpha value is -3.39. The lowest BCUT2D eigenvalue weighted by Crippen LogP contribution is -2.61. The molecular weight excluding hydrogens is 532 g/mol. The van der Waals surface area contributed by atoms with Crippen molar-refractivity contribution in [2.75, 3.05) is 7.11 Å². The summed E-state index contributed by atoms with van der Waals surface area (Å²) >= 11 is 1.54. The summed E-state index contributed by atoms with van der Waals surface area (Å²) in [5, 5.41) is 10.2. The van der Waals surface area contributed by atoms with Gasteiger partial charge in [-0.15, -0.1) is 0 Å². The van der Waals surface area contributed by atoms with E-state index in [-0.39, 0.29) is 12.3 Å². The number of hydrogen-bond acceptors (Lipinski definition) is 5. The molecule has 6 nitrogen and oxygen atoms in total. The first-order valence-corrected chi connectivity index (χ1v) is 15.0. The number of nitrogens with one attached hydrogen (secondary N) is 1. The summed E-state index contributed by atoms with van der Waals surface area (Å²) < 4.78 is 9.28. The normalized spacial score (nSPS) is 19.8. The minimum Gasteiger partial charge on any atom is -0.465 e. The van der Waals surface area contributed by atoms with E-state index in [0.717, 1.165) is 28.0 Å². The molecule has 3 aromatic rings. The first kappa shape index (κ1) is 30.6. The Morgan fingerprint density at radius 1 is 1.02 bits per heavy atom. The molecule has 0 bridgehead atoms. The number of likely N-dealkylation sites (tertiary alicyclic amines) is 1. The second kappa shape index (κ2) is 13.5. The van der Waals surface area contributed by atoms with Crippen molar-refractivity contribution in [3.63, 3.8) is 0 Å². The van der Waals surface area contributed by atoms with E-state index in [1.807, 2.05) is 80.6 Å². The van der Waals surface area contributed by atoms with Crippen LogP contribution in [0.2, 0.25) is 0 Å². The van der Waals surface area contributed by atoms with Gasteiger partial charge in [0.15, 0.2) is 0 Å². The molecular formula is C34H40N2O4S. The largest absolute Gasteiger partial charge is 0.465 e. The molecule has 3 aromatic carbocycles. The van der Waals surface area contributed by atoms with Crippen molar-refractivity contribution in [3.8, 4) is 0 Å². The number of nitrogens with zero attached hydrogens (tertiary/aromatic N) is 1. The molecule has 1 heterocycles. The third kappa shape index (κ3) is 6.13. The number of carbonyl (C=O) groups excluding carboxylic acids is 1. The van der Waals surface area contributed by atoms with Gasteiger partial charge in [0.05, 0.1) is 17.7 Å². The maximum atomic E-state index is 13.1. The van der Waals surface area contributed by atoms with Crippen LogP contribution in [0.15, 0.2) is 103 Å². The minimum atomic E-state index is -1.24. The molecule has 4 rings (SSSR count). The second-order valence-corrected chi connectivity index (χ2v) is 11.7. The minimum absolute atomic E-state index is 0.136. The fourth-order valence-corrected chi connectivity index (χ4v) is 7.58. The van der Waals surface area contributed by atoms with Crippen LogP contribution in [0.25, 0.3) is 0 Å². The first-order valence-electron chi connectivity index (χ1n) is 14.2. The van der Waals surface area contributed by atoms with E-state index in [0.29, 0.717) is 6.42 Å². The standard InChI is InChI=1S/C34H40N2O4S/c1-5-16-25-24-29(37)36(32(38)39)30(25)31(33(3,40-4)23-6-2)35-41-34(26-17-10-7-11-18-26,27-19-12-8-13-20-27)28-21-14-9-15-22-28/h5,7-22,25,30-31,35H,6,23-24H2,1-4H3,(H,38,39)/t25-,30-,31-,33+/m1/s1. The van der Waals surface area contributed by atoms with Crippen LogP contribution < -0.4 is 4.72 Å². The molecule has 0 spiro atoms. The van der Waals surface area contributed by atoms with Gasteiger partial charge in [0.2, 0.25) is 5.91 Å². The highest BCUT2D eigenvalue weighted by Gasteiger charge is 2.53. The fraction of sp³-hybridized carbons (Fsp3) is 0.353. The van der Waals surface area contributed by atoms with Gasteiger partial charge in [-0.25, -0.2) is 9.69 Å². The number of amides is 2. The smallest absolute Gasteiger partial charge is 0.414 e. The zero-order valence-corrected chi connectivity index (χ0v) is 25.0. The molecule has 7 heteroatoms. The fourth-order valence-electron chi connectivity index (χ4n) is 6.12. The van der Waals surface area contributed by atoms with E-state index < -0.39 is 34.4 Å². The second-order valence-electron chi connectivity index (χ2n) is 10.7. The topological polar surface area (TPSA) is 78.9 Å². The molecule has 1 fully saturated rings. The summed E-state index contributed by atoms with van der Waals surface area (Å²) in [5.74, 6) is -0.676. The van der Waals surface area contributed by atoms with Crippen LogP contribution in [-0.4, -0.2) is 46.8 Å². The number of carbonyl (C=O) groups is 2. The highest BCUT2D eigenvalue weighted by atomic mass is 32.2. The monoisotopic (exact) mass is 572 g/mol. The van der Waals surface area contributed by atoms with E-state index in [1.54, 1.807) is 19.1 Å². The average Bonchev–Trinajstić information content (AvgIpc) is 3.32. The van der Waals surface area contributed by atoms with Gasteiger partial charge in [-0.3, -0.25) is 9.52 Å². The lowest BCUT2D eigenvalue weighted by atomic mass is 9.81. The number of benzene rings is 3. The molecule has 1 aliphatic rings. The summed E-state index contributed by atoms with van der Waals surface area (Å²) in [6.07, 6.45) is 4.25. The zero-order chi connectivity index (χ0) is 29.5. The third-order valence-corrected chi connectivity index (χ3v) is 9.54. The van der Waals surface area contributed by atoms with Crippen molar-refractivity contribution in [3.05, 3.63) is 120 Å². The van der Waals surface area contributed by atoms with Crippen LogP contribution in [0.3, 0.4) is 0 Å². The van der Waals surface area contributed by atoms with Crippen molar-refractivity contribution in [2.24, 2.45) is 5.92 Å². The van der Waals surface area contributed by atoms with Crippen molar-refractivity contribution in [1.29, 1.82) is 0 Å². The lowest BCUT2D eigenvalue weighted by Gasteiger charge is -2.45. The predicted molar refractivity (Wildman–Crippen MR) is 166 cm³/mol. The summed E-state index contributed by atoms with van der Waals surface area (Å²) in [6.45, 7) is 6.00. The maximum Gasteiger partial charge on any atom is 0.414 e. The molecule has 1 saturated heterocycles. The lowest BCUT2D eigenvalue weighted by molar-refractivity contribution is -0.128. The van der Waals surface area contributed by atoms with E-state index in [4.69, 9.17) is 4.74 Å². The Kier molecular flexibility index (Phi) is 10.1. The molecule has 216 valence electrons. The van der Waals surface area contributed by atoms with Crippen LogP contribution in [0.5, 0.6) is 0 Å². The third-order valence-electron chi connectivity index (χ3n) is 8.15. The Morgan fingerprint density at radius 3 is 1.90 bits per heavy atom. The molecule has 0 radical (unpaired) electrons. The van der Waals surface area contributed by atoms with Crippen LogP contribution in [0.1, 0.15) is 56.7 Å². The predicted octanol–water partition coefficient (Wildman–Crippen LogP) is 7.26. The number of ether oxygens (including phenoxy) is 1. The summed E-state index contributed by atoms with van der Waals surface area (Å²) in [5.41, 5.74) is 2.46. The van der Waals surface area contributed by atoms with Crippen LogP contribution in [0.4, 0.5) is 4.79 Å². The van der Waals surface area contributed by atoms with Crippen molar-refractivity contribution in [1.82, 2.24) is 9.62 Å².